The highest BCUT2D eigenvalue weighted by Gasteiger charge is 2.28. The lowest BCUT2D eigenvalue weighted by Gasteiger charge is -2.11. The van der Waals surface area contributed by atoms with Gasteiger partial charge in [-0.05, 0) is 41.8 Å². The molecule has 4 nitrogen and oxygen atoms in total. The van der Waals surface area contributed by atoms with Gasteiger partial charge >= 0.3 is 0 Å². The van der Waals surface area contributed by atoms with Gasteiger partial charge in [-0.15, -0.1) is 0 Å². The van der Waals surface area contributed by atoms with Crippen LogP contribution in [-0.4, -0.2) is 23.5 Å². The molecule has 0 aliphatic carbocycles. The van der Waals surface area contributed by atoms with Gasteiger partial charge in [0.2, 0.25) is 0 Å². The van der Waals surface area contributed by atoms with Gasteiger partial charge in [-0.2, -0.15) is 0 Å². The van der Waals surface area contributed by atoms with Crippen LogP contribution in [-0.2, 0) is 17.6 Å². The average Bonchev–Trinajstić information content (AvgIpc) is 3.18. The number of benzene rings is 2. The first-order valence-electron chi connectivity index (χ1n) is 7.98. The third-order valence-electron chi connectivity index (χ3n) is 4.36. The van der Waals surface area contributed by atoms with Crippen LogP contribution in [0.4, 0.5) is 4.39 Å². The Morgan fingerprint density at radius 3 is 3.04 bits per heavy atom. The van der Waals surface area contributed by atoms with Crippen LogP contribution in [0.1, 0.15) is 11.1 Å². The number of halogens is 1. The Kier molecular flexibility index (Phi) is 3.69. The summed E-state index contributed by atoms with van der Waals surface area (Å²) < 4.78 is 19.1. The molecule has 4 rings (SSSR count). The Hall–Kier alpha value is -2.82. The smallest absolute Gasteiger partial charge is 0.261 e. The zero-order valence-corrected chi connectivity index (χ0v) is 13.0. The molecular weight excluding hydrogens is 307 g/mol. The van der Waals surface area contributed by atoms with Crippen molar-refractivity contribution >= 4 is 16.8 Å². The highest BCUT2D eigenvalue weighted by Crippen LogP contribution is 2.28. The van der Waals surface area contributed by atoms with Crippen molar-refractivity contribution in [1.29, 1.82) is 0 Å². The number of fused-ring (bicyclic) bond motifs is 2. The van der Waals surface area contributed by atoms with Crippen molar-refractivity contribution in [2.45, 2.75) is 18.9 Å². The summed E-state index contributed by atoms with van der Waals surface area (Å²) in [4.78, 5) is 15.4. The molecule has 2 N–H and O–H groups in total. The Bertz CT molecular complexity index is 878. The van der Waals surface area contributed by atoms with Crippen LogP contribution in [0.25, 0.3) is 10.9 Å². The summed E-state index contributed by atoms with van der Waals surface area (Å²) >= 11 is 0. The number of amides is 1. The standard InChI is InChI=1S/C19H17FN2O2/c20-14-5-6-16-15(10-14)13(11-22-16)7-8-21-19(23)18-9-12-3-1-2-4-17(12)24-18/h1-6,10-11,18,22H,7-9H2,(H,21,23). The highest BCUT2D eigenvalue weighted by atomic mass is 19.1. The molecule has 0 saturated heterocycles. The monoisotopic (exact) mass is 324 g/mol. The minimum absolute atomic E-state index is 0.114. The van der Waals surface area contributed by atoms with Gasteiger partial charge in [0.25, 0.3) is 5.91 Å². The Morgan fingerprint density at radius 2 is 2.17 bits per heavy atom. The van der Waals surface area contributed by atoms with Gasteiger partial charge in [0.1, 0.15) is 11.6 Å². The summed E-state index contributed by atoms with van der Waals surface area (Å²) in [6.45, 7) is 0.485. The van der Waals surface area contributed by atoms with Crippen LogP contribution in [0.3, 0.4) is 0 Å². The van der Waals surface area contributed by atoms with Crippen LogP contribution in [0.15, 0.2) is 48.7 Å². The molecule has 0 fully saturated rings. The fourth-order valence-electron chi connectivity index (χ4n) is 3.12. The van der Waals surface area contributed by atoms with E-state index in [4.69, 9.17) is 4.74 Å². The number of ether oxygens (including phenoxy) is 1. The summed E-state index contributed by atoms with van der Waals surface area (Å²) in [7, 11) is 0. The average molecular weight is 324 g/mol. The van der Waals surface area contributed by atoms with E-state index in [9.17, 15) is 9.18 Å². The summed E-state index contributed by atoms with van der Waals surface area (Å²) in [6.07, 6.45) is 2.62. The van der Waals surface area contributed by atoms with Gasteiger partial charge in [0.05, 0.1) is 0 Å². The van der Waals surface area contributed by atoms with E-state index in [1.54, 1.807) is 6.07 Å². The molecule has 5 heteroatoms. The van der Waals surface area contributed by atoms with Gasteiger partial charge in [-0.25, -0.2) is 4.39 Å². The number of H-pyrrole nitrogens is 1. The Morgan fingerprint density at radius 1 is 1.29 bits per heavy atom. The van der Waals surface area contributed by atoms with Crippen LogP contribution < -0.4 is 10.1 Å². The maximum atomic E-state index is 13.4. The molecule has 2 heterocycles. The van der Waals surface area contributed by atoms with Gasteiger partial charge < -0.3 is 15.0 Å². The lowest BCUT2D eigenvalue weighted by atomic mass is 10.1. The fraction of sp³-hybridized carbons (Fsp3) is 0.211. The molecule has 122 valence electrons. The van der Waals surface area contributed by atoms with E-state index < -0.39 is 6.10 Å². The van der Waals surface area contributed by atoms with Crippen molar-refractivity contribution in [3.63, 3.8) is 0 Å². The molecule has 1 unspecified atom stereocenters. The van der Waals surface area contributed by atoms with E-state index in [2.05, 4.69) is 10.3 Å². The van der Waals surface area contributed by atoms with Crippen LogP contribution in [0, 0.1) is 5.82 Å². The molecule has 1 aliphatic rings. The first-order chi connectivity index (χ1) is 11.7. The lowest BCUT2D eigenvalue weighted by molar-refractivity contribution is -0.127. The van der Waals surface area contributed by atoms with E-state index in [1.807, 2.05) is 30.5 Å². The normalized spacial score (nSPS) is 16.0. The fourth-order valence-corrected chi connectivity index (χ4v) is 3.12. The number of aromatic amines is 1. The number of carbonyl (C=O) groups excluding carboxylic acids is 1. The first kappa shape index (κ1) is 14.8. The van der Waals surface area contributed by atoms with Crippen molar-refractivity contribution in [2.75, 3.05) is 6.54 Å². The number of hydrogen-bond acceptors (Lipinski definition) is 2. The molecule has 0 bridgehead atoms. The summed E-state index contributed by atoms with van der Waals surface area (Å²) in [5.41, 5.74) is 2.94. The maximum Gasteiger partial charge on any atom is 0.261 e. The SMILES string of the molecule is O=C(NCCc1c[nH]c2ccc(F)cc12)C1Cc2ccccc2O1. The molecule has 1 amide bonds. The Labute approximate surface area is 138 Å². The van der Waals surface area contributed by atoms with Gasteiger partial charge in [0.15, 0.2) is 6.10 Å². The quantitative estimate of drug-likeness (QED) is 0.775. The largest absolute Gasteiger partial charge is 0.480 e. The molecule has 3 aromatic rings. The van der Waals surface area contributed by atoms with Crippen molar-refractivity contribution in [2.24, 2.45) is 0 Å². The van der Waals surface area contributed by atoms with Gasteiger partial charge in [-0.3, -0.25) is 4.79 Å². The predicted molar refractivity (Wildman–Crippen MR) is 89.5 cm³/mol. The number of aromatic nitrogens is 1. The molecule has 24 heavy (non-hydrogen) atoms. The van der Waals surface area contributed by atoms with Crippen molar-refractivity contribution in [3.8, 4) is 5.75 Å². The van der Waals surface area contributed by atoms with Gasteiger partial charge in [-0.1, -0.05) is 18.2 Å². The zero-order valence-electron chi connectivity index (χ0n) is 13.0. The number of nitrogens with one attached hydrogen (secondary N) is 2. The third-order valence-corrected chi connectivity index (χ3v) is 4.36. The molecule has 0 saturated carbocycles. The topological polar surface area (TPSA) is 54.1 Å². The molecule has 1 aromatic heterocycles. The van der Waals surface area contributed by atoms with Crippen LogP contribution in [0.5, 0.6) is 5.75 Å². The zero-order chi connectivity index (χ0) is 16.5. The number of rotatable bonds is 4. The molecule has 2 aromatic carbocycles. The minimum Gasteiger partial charge on any atom is -0.480 e. The van der Waals surface area contributed by atoms with E-state index >= 15 is 0 Å². The van der Waals surface area contributed by atoms with Crippen molar-refractivity contribution in [3.05, 3.63) is 65.6 Å². The molecule has 1 aliphatic heterocycles. The predicted octanol–water partition coefficient (Wildman–Crippen LogP) is 2.97. The third kappa shape index (κ3) is 2.73. The number of carbonyl (C=O) groups is 1. The maximum absolute atomic E-state index is 13.4. The van der Waals surface area contributed by atoms with E-state index in [0.29, 0.717) is 19.4 Å². The first-order valence-corrected chi connectivity index (χ1v) is 7.98. The summed E-state index contributed by atoms with van der Waals surface area (Å²) in [5, 5.41) is 3.76. The Balaban J connectivity index is 1.36. The van der Waals surface area contributed by atoms with Crippen molar-refractivity contribution in [1.82, 2.24) is 10.3 Å². The lowest BCUT2D eigenvalue weighted by Crippen LogP contribution is -2.38. The highest BCUT2D eigenvalue weighted by molar-refractivity contribution is 5.84. The molecule has 0 radical (unpaired) electrons. The summed E-state index contributed by atoms with van der Waals surface area (Å²) in [5.74, 6) is 0.409. The summed E-state index contributed by atoms with van der Waals surface area (Å²) in [6, 6.07) is 12.4. The number of hydrogen-bond donors (Lipinski definition) is 2. The second kappa shape index (κ2) is 6.00. The van der Waals surface area contributed by atoms with Crippen LogP contribution >= 0.6 is 0 Å². The van der Waals surface area contributed by atoms with Crippen LogP contribution in [0.2, 0.25) is 0 Å². The van der Waals surface area contributed by atoms with Gasteiger partial charge in [0, 0.05) is 30.1 Å². The number of para-hydroxylation sites is 1. The van der Waals surface area contributed by atoms with E-state index in [-0.39, 0.29) is 11.7 Å². The molecule has 0 spiro atoms. The van der Waals surface area contributed by atoms with E-state index in [0.717, 1.165) is 27.8 Å². The second-order valence-electron chi connectivity index (χ2n) is 5.96. The molecular formula is C19H17FN2O2. The molecule has 1 atom stereocenters. The van der Waals surface area contributed by atoms with Crippen molar-refractivity contribution < 1.29 is 13.9 Å². The second-order valence-corrected chi connectivity index (χ2v) is 5.96. The van der Waals surface area contributed by atoms with E-state index in [1.165, 1.54) is 12.1 Å². The minimum atomic E-state index is -0.470.